The van der Waals surface area contributed by atoms with Gasteiger partial charge in [-0.25, -0.2) is 4.85 Å². The number of nitrogens with two attached hydrogens (primary N) is 1. The van der Waals surface area contributed by atoms with E-state index < -0.39 is 0 Å². The van der Waals surface area contributed by atoms with Gasteiger partial charge in [0.15, 0.2) is 5.69 Å². The van der Waals surface area contributed by atoms with Gasteiger partial charge in [0.25, 0.3) is 0 Å². The molecule has 6 N–H and O–H groups in total. The molecule has 3 aliphatic rings. The predicted molar refractivity (Wildman–Crippen MR) is 356 cm³/mol. The van der Waals surface area contributed by atoms with Gasteiger partial charge in [0.2, 0.25) is 0 Å². The molecule has 9 aromatic carbocycles. The molecule has 0 radical (unpaired) electrons. The van der Waals surface area contributed by atoms with Crippen LogP contribution in [0.25, 0.3) is 37.2 Å². The smallest absolute Gasteiger partial charge is 0.187 e. The Morgan fingerprint density at radius 3 is 1.37 bits per heavy atom. The number of rotatable bonds is 17. The third kappa shape index (κ3) is 16.1. The van der Waals surface area contributed by atoms with E-state index in [1.54, 1.807) is 0 Å². The van der Waals surface area contributed by atoms with Crippen LogP contribution < -0.4 is 25.3 Å². The SMILES string of the molecule is CC(=N)N1CC[C@H](Oc2ccc([C@@H](C)Cc3ccc4ccc(C(=N)N)cc4c3)cc2)C1.CC(=N)c1ccc2ccc(C[C@H](C)c3ccc(O[C@H]4CCNC4)cc3)cc2c1.[C-]#[N+]c1ccc2ccc(C[C@H](C)c3ccc(OC4CCCC4)cc3)cc2c1. The van der Waals surface area contributed by atoms with E-state index in [1.165, 1.54) is 75.2 Å². The first-order chi connectivity index (χ1) is 41.7. The standard InChI is InChI=1S/C26H30N4O.C25H28N2O.C25H25NO/c1-17(13-19-3-4-21-5-6-22(26(28)29)15-23(21)14-19)20-7-9-24(10-8-20)31-25-11-12-30(16-25)18(2)27;1-17(20-7-9-24(10-8-20)28-25-11-12-27-16-25)13-19-3-4-21-5-6-22(18(2)26)15-23(21)14-19;1-18(20-10-13-25(14-11-20)27-24-5-3-4-6-24)15-19-7-8-21-9-12-23(26-2)17-22(21)16-19/h3-10,14-15,17,25,27H,11-13,16H2,1-2H3,(H3,28,29);3-10,14-15,17,25-27H,11-13,16H2,1-2H3;7-14,16-18,24H,3-6,15H2,1H3/t2*17-,25-;18-/m000/s1. The van der Waals surface area contributed by atoms with Crippen molar-refractivity contribution in [2.45, 2.75) is 128 Å². The lowest BCUT2D eigenvalue weighted by Crippen LogP contribution is -2.28. The van der Waals surface area contributed by atoms with Crippen molar-refractivity contribution >= 4 is 55.4 Å². The Bertz CT molecular complexity index is 3840. The number of nitrogens with zero attached hydrogens (tertiary/aromatic N) is 2. The van der Waals surface area contributed by atoms with Crippen molar-refractivity contribution in [3.8, 4) is 17.2 Å². The highest BCUT2D eigenvalue weighted by atomic mass is 16.5. The van der Waals surface area contributed by atoms with E-state index in [0.29, 0.717) is 47.2 Å². The first kappa shape index (κ1) is 60.3. The van der Waals surface area contributed by atoms with Gasteiger partial charge >= 0.3 is 0 Å². The van der Waals surface area contributed by atoms with Crippen LogP contribution in [0.2, 0.25) is 0 Å². The monoisotopic (exact) mass is 1140 g/mol. The van der Waals surface area contributed by atoms with Crippen LogP contribution in [0, 0.1) is 22.8 Å². The van der Waals surface area contributed by atoms with E-state index in [1.807, 2.05) is 56.3 Å². The molecule has 0 amide bonds. The molecule has 3 fully saturated rings. The number of likely N-dealkylation sites (tertiary alicyclic amines) is 1. The Hall–Kier alpha value is -8.78. The molecule has 0 unspecified atom stereocenters. The third-order valence-electron chi connectivity index (χ3n) is 17.4. The molecule has 440 valence electrons. The van der Waals surface area contributed by atoms with Gasteiger partial charge in [-0.15, -0.1) is 0 Å². The Morgan fingerprint density at radius 1 is 0.512 bits per heavy atom. The molecule has 2 aliphatic heterocycles. The summed E-state index contributed by atoms with van der Waals surface area (Å²) in [6.45, 7) is 21.3. The second-order valence-electron chi connectivity index (χ2n) is 24.1. The van der Waals surface area contributed by atoms with Gasteiger partial charge in [-0.1, -0.05) is 148 Å². The van der Waals surface area contributed by atoms with Gasteiger partial charge in [-0.3, -0.25) is 10.8 Å². The lowest BCUT2D eigenvalue weighted by atomic mass is 9.92. The zero-order valence-electron chi connectivity index (χ0n) is 50.7. The fourth-order valence-electron chi connectivity index (χ4n) is 12.2. The van der Waals surface area contributed by atoms with Crippen molar-refractivity contribution in [1.29, 1.82) is 16.2 Å². The molecule has 0 aromatic heterocycles. The van der Waals surface area contributed by atoms with Gasteiger partial charge < -0.3 is 35.6 Å². The zero-order chi connectivity index (χ0) is 60.1. The summed E-state index contributed by atoms with van der Waals surface area (Å²) < 4.78 is 18.2. The normalized spacial score (nSPS) is 16.7. The van der Waals surface area contributed by atoms with Crippen molar-refractivity contribution in [3.05, 3.63) is 238 Å². The second kappa shape index (κ2) is 28.4. The summed E-state index contributed by atoms with van der Waals surface area (Å²) in [7, 11) is 0. The van der Waals surface area contributed by atoms with Crippen LogP contribution in [-0.2, 0) is 19.3 Å². The minimum absolute atomic E-state index is 0.0984. The Morgan fingerprint density at radius 2 is 0.942 bits per heavy atom. The van der Waals surface area contributed by atoms with E-state index >= 15 is 0 Å². The van der Waals surface area contributed by atoms with Gasteiger partial charge in [0.1, 0.15) is 35.3 Å². The van der Waals surface area contributed by atoms with Crippen LogP contribution in [0.4, 0.5) is 5.69 Å². The van der Waals surface area contributed by atoms with Crippen molar-refractivity contribution in [2.75, 3.05) is 26.2 Å². The third-order valence-corrected chi connectivity index (χ3v) is 17.4. The topological polar surface area (TPSA) is 145 Å². The average Bonchev–Trinajstić information content (AvgIpc) is 3.41. The summed E-state index contributed by atoms with van der Waals surface area (Å²) in [5.74, 6) is 4.82. The van der Waals surface area contributed by atoms with Crippen LogP contribution in [0.5, 0.6) is 17.2 Å². The van der Waals surface area contributed by atoms with Crippen LogP contribution in [0.3, 0.4) is 0 Å². The molecular weight excluding hydrogens is 1060 g/mol. The van der Waals surface area contributed by atoms with Crippen LogP contribution >= 0.6 is 0 Å². The molecule has 5 atom stereocenters. The Balaban J connectivity index is 0.000000143. The highest BCUT2D eigenvalue weighted by Crippen LogP contribution is 2.32. The van der Waals surface area contributed by atoms with Crippen LogP contribution in [0.15, 0.2) is 182 Å². The number of hydrogen-bond donors (Lipinski definition) is 5. The van der Waals surface area contributed by atoms with Crippen molar-refractivity contribution in [2.24, 2.45) is 5.73 Å². The molecule has 10 heteroatoms. The van der Waals surface area contributed by atoms with E-state index in [0.717, 1.165) is 103 Å². The van der Waals surface area contributed by atoms with E-state index in [4.69, 9.17) is 42.7 Å². The van der Waals surface area contributed by atoms with Crippen LogP contribution in [0.1, 0.15) is 135 Å². The fourth-order valence-corrected chi connectivity index (χ4v) is 12.2. The molecule has 9 aromatic rings. The Labute approximate surface area is 509 Å². The molecule has 86 heavy (non-hydrogen) atoms. The number of nitrogen functional groups attached to an aromatic ring is 1. The minimum atomic E-state index is 0.0984. The number of hydrogen-bond acceptors (Lipinski definition) is 7. The summed E-state index contributed by atoms with van der Waals surface area (Å²) in [6.07, 6.45) is 10.8. The molecule has 1 aliphatic carbocycles. The highest BCUT2D eigenvalue weighted by Gasteiger charge is 2.25. The quantitative estimate of drug-likeness (QED) is 0.0349. The average molecular weight is 1140 g/mol. The van der Waals surface area contributed by atoms with Gasteiger partial charge in [-0.05, 0) is 215 Å². The molecule has 10 nitrogen and oxygen atoms in total. The number of ether oxygens (including phenoxy) is 3. The first-order valence-corrected chi connectivity index (χ1v) is 30.8. The maximum Gasteiger partial charge on any atom is 0.187 e. The van der Waals surface area contributed by atoms with Gasteiger partial charge in [-0.2, -0.15) is 0 Å². The lowest BCUT2D eigenvalue weighted by molar-refractivity contribution is 0.210. The van der Waals surface area contributed by atoms with E-state index in [-0.39, 0.29) is 11.9 Å². The number of amidine groups is 2. The Kier molecular flexibility index (Phi) is 19.9. The zero-order valence-corrected chi connectivity index (χ0v) is 50.7. The lowest BCUT2D eigenvalue weighted by Gasteiger charge is -2.18. The molecule has 2 saturated heterocycles. The van der Waals surface area contributed by atoms with Crippen molar-refractivity contribution in [1.82, 2.24) is 10.2 Å². The summed E-state index contributed by atoms with van der Waals surface area (Å²) in [5, 5.41) is 33.7. The summed E-state index contributed by atoms with van der Waals surface area (Å²) in [4.78, 5) is 5.60. The maximum absolute atomic E-state index is 7.86. The molecule has 2 heterocycles. The minimum Gasteiger partial charge on any atom is -0.490 e. The summed E-state index contributed by atoms with van der Waals surface area (Å²) in [6, 6.07) is 63.5. The first-order valence-electron chi connectivity index (χ1n) is 30.8. The van der Waals surface area contributed by atoms with Gasteiger partial charge in [0.05, 0.1) is 25.1 Å². The summed E-state index contributed by atoms with van der Waals surface area (Å²) >= 11 is 0. The van der Waals surface area contributed by atoms with E-state index in [2.05, 4.69) is 175 Å². The fraction of sp³-hybridized carbons (Fsp3) is 0.316. The number of nitrogens with one attached hydrogen (secondary N) is 4. The van der Waals surface area contributed by atoms with E-state index in [9.17, 15) is 0 Å². The van der Waals surface area contributed by atoms with Crippen molar-refractivity contribution < 1.29 is 14.2 Å². The maximum atomic E-state index is 7.86. The molecule has 0 bridgehead atoms. The molecule has 1 saturated carbocycles. The van der Waals surface area contributed by atoms with Crippen LogP contribution in [-0.4, -0.2) is 66.8 Å². The number of fused-ring (bicyclic) bond motifs is 3. The molecular formula is C76H83N7O3. The molecule has 12 rings (SSSR count). The number of benzene rings is 9. The molecule has 0 spiro atoms. The van der Waals surface area contributed by atoms with Crippen molar-refractivity contribution in [3.63, 3.8) is 0 Å². The second-order valence-corrected chi connectivity index (χ2v) is 24.1. The highest BCUT2D eigenvalue weighted by molar-refractivity contribution is 6.00. The van der Waals surface area contributed by atoms with Gasteiger partial charge in [0, 0.05) is 30.8 Å². The summed E-state index contributed by atoms with van der Waals surface area (Å²) in [5.41, 5.74) is 16.6. The predicted octanol–water partition coefficient (Wildman–Crippen LogP) is 17.3. The largest absolute Gasteiger partial charge is 0.490 e.